The van der Waals surface area contributed by atoms with Crippen molar-refractivity contribution in [3.8, 4) is 0 Å². The van der Waals surface area contributed by atoms with Crippen molar-refractivity contribution in [2.24, 2.45) is 23.2 Å². The summed E-state index contributed by atoms with van der Waals surface area (Å²) in [5.41, 5.74) is -0.919. The molecule has 3 heteroatoms. The summed E-state index contributed by atoms with van der Waals surface area (Å²) in [6, 6.07) is 0. The zero-order valence-electron chi connectivity index (χ0n) is 9.86. The van der Waals surface area contributed by atoms with Crippen molar-refractivity contribution in [2.45, 2.75) is 26.7 Å². The Morgan fingerprint density at radius 1 is 1.62 bits per heavy atom. The van der Waals surface area contributed by atoms with Crippen molar-refractivity contribution < 1.29 is 14.3 Å². The summed E-state index contributed by atoms with van der Waals surface area (Å²) < 4.78 is 5.05. The van der Waals surface area contributed by atoms with Crippen LogP contribution in [0.25, 0.3) is 0 Å². The summed E-state index contributed by atoms with van der Waals surface area (Å²) in [5, 5.41) is 0. The first-order valence-electron chi connectivity index (χ1n) is 5.91. The third-order valence-corrected chi connectivity index (χ3v) is 4.28. The molecule has 2 aliphatic rings. The van der Waals surface area contributed by atoms with Crippen molar-refractivity contribution in [3.63, 3.8) is 0 Å². The quantitative estimate of drug-likeness (QED) is 0.416. The van der Waals surface area contributed by atoms with Crippen molar-refractivity contribution in [3.05, 3.63) is 12.7 Å². The van der Waals surface area contributed by atoms with E-state index in [1.807, 2.05) is 6.08 Å². The Morgan fingerprint density at radius 2 is 2.31 bits per heavy atom. The molecular formula is C13H18O3. The van der Waals surface area contributed by atoms with Gasteiger partial charge in [-0.05, 0) is 38.5 Å². The summed E-state index contributed by atoms with van der Waals surface area (Å²) in [6.07, 6.45) is 3.67. The molecule has 2 saturated carbocycles. The molecule has 3 nitrogen and oxygen atoms in total. The number of hydrogen-bond donors (Lipinski definition) is 0. The Labute approximate surface area is 95.9 Å². The van der Waals surface area contributed by atoms with Crippen LogP contribution in [0, 0.1) is 23.2 Å². The standard InChI is InChI=1S/C13H18O3/c1-4-8-9-6-7-10(8)13(3,11(9)14)12(15)16-5-2/h4,8-10H,1,5-7H2,2-3H3/t8-,9-,10+,13-/m0/s1. The molecule has 0 heterocycles. The zero-order valence-corrected chi connectivity index (χ0v) is 9.86. The Kier molecular flexibility index (Phi) is 2.64. The molecule has 88 valence electrons. The second-order valence-corrected chi connectivity index (χ2v) is 4.89. The highest BCUT2D eigenvalue weighted by Crippen LogP contribution is 2.57. The highest BCUT2D eigenvalue weighted by molar-refractivity contribution is 6.07. The minimum absolute atomic E-state index is 0.00286. The maximum Gasteiger partial charge on any atom is 0.319 e. The Balaban J connectivity index is 2.32. The van der Waals surface area contributed by atoms with Gasteiger partial charge in [-0.1, -0.05) is 6.08 Å². The van der Waals surface area contributed by atoms with E-state index in [1.165, 1.54) is 0 Å². The van der Waals surface area contributed by atoms with E-state index in [1.54, 1.807) is 13.8 Å². The topological polar surface area (TPSA) is 43.4 Å². The molecule has 0 aliphatic heterocycles. The molecule has 0 aromatic rings. The number of ether oxygens (including phenoxy) is 1. The van der Waals surface area contributed by atoms with Gasteiger partial charge in [-0.25, -0.2) is 0 Å². The number of rotatable bonds is 3. The largest absolute Gasteiger partial charge is 0.465 e. The molecule has 16 heavy (non-hydrogen) atoms. The van der Waals surface area contributed by atoms with Crippen LogP contribution in [0.3, 0.4) is 0 Å². The summed E-state index contributed by atoms with van der Waals surface area (Å²) in [5.74, 6) is -0.0217. The summed E-state index contributed by atoms with van der Waals surface area (Å²) >= 11 is 0. The first-order chi connectivity index (χ1) is 7.57. The van der Waals surface area contributed by atoms with Gasteiger partial charge in [-0.2, -0.15) is 0 Å². The monoisotopic (exact) mass is 222 g/mol. The van der Waals surface area contributed by atoms with Crippen LogP contribution in [0.5, 0.6) is 0 Å². The maximum absolute atomic E-state index is 12.2. The fourth-order valence-corrected chi connectivity index (χ4v) is 3.43. The van der Waals surface area contributed by atoms with Crippen molar-refractivity contribution >= 4 is 11.8 Å². The van der Waals surface area contributed by atoms with Gasteiger partial charge in [0.25, 0.3) is 0 Å². The third-order valence-electron chi connectivity index (χ3n) is 4.28. The van der Waals surface area contributed by atoms with Gasteiger partial charge in [0.1, 0.15) is 5.41 Å². The highest BCUT2D eigenvalue weighted by atomic mass is 16.5. The smallest absolute Gasteiger partial charge is 0.319 e. The lowest BCUT2D eigenvalue weighted by molar-refractivity contribution is -0.162. The predicted octanol–water partition coefficient (Wildman–Crippen LogP) is 1.97. The molecule has 2 bridgehead atoms. The van der Waals surface area contributed by atoms with Gasteiger partial charge < -0.3 is 4.74 Å². The average molecular weight is 222 g/mol. The minimum Gasteiger partial charge on any atom is -0.465 e. The number of carbonyl (C=O) groups excluding carboxylic acids is 2. The molecule has 4 atom stereocenters. The molecule has 0 aromatic carbocycles. The SMILES string of the molecule is C=C[C@H]1[C@@H]2CC[C@H]1[C@](C)(C(=O)OCC)C2=O. The number of ketones is 1. The van der Waals surface area contributed by atoms with Crippen LogP contribution in [0.2, 0.25) is 0 Å². The Hall–Kier alpha value is -1.12. The summed E-state index contributed by atoms with van der Waals surface area (Å²) in [4.78, 5) is 24.2. The molecule has 2 rings (SSSR count). The first kappa shape index (κ1) is 11.4. The molecule has 2 fully saturated rings. The van der Waals surface area contributed by atoms with Crippen LogP contribution in [0.4, 0.5) is 0 Å². The number of carbonyl (C=O) groups is 2. The van der Waals surface area contributed by atoms with Gasteiger partial charge in [0.15, 0.2) is 5.78 Å². The van der Waals surface area contributed by atoms with E-state index in [0.717, 1.165) is 12.8 Å². The van der Waals surface area contributed by atoms with E-state index < -0.39 is 5.41 Å². The van der Waals surface area contributed by atoms with Gasteiger partial charge in [-0.3, -0.25) is 9.59 Å². The highest BCUT2D eigenvalue weighted by Gasteiger charge is 2.64. The Morgan fingerprint density at radius 3 is 2.81 bits per heavy atom. The third kappa shape index (κ3) is 1.20. The molecule has 2 aliphatic carbocycles. The second-order valence-electron chi connectivity index (χ2n) is 4.89. The molecule has 0 N–H and O–H groups in total. The summed E-state index contributed by atoms with van der Waals surface area (Å²) in [6.45, 7) is 7.63. The van der Waals surface area contributed by atoms with Crippen molar-refractivity contribution in [2.75, 3.05) is 6.61 Å². The lowest BCUT2D eigenvalue weighted by Gasteiger charge is -2.30. The van der Waals surface area contributed by atoms with Crippen molar-refractivity contribution in [1.82, 2.24) is 0 Å². The van der Waals surface area contributed by atoms with E-state index in [-0.39, 0.29) is 29.5 Å². The summed E-state index contributed by atoms with van der Waals surface area (Å²) in [7, 11) is 0. The van der Waals surface area contributed by atoms with Crippen LogP contribution in [0.15, 0.2) is 12.7 Å². The van der Waals surface area contributed by atoms with Crippen molar-refractivity contribution in [1.29, 1.82) is 0 Å². The average Bonchev–Trinajstić information content (AvgIpc) is 2.77. The lowest BCUT2D eigenvalue weighted by atomic mass is 9.73. The molecule has 0 saturated heterocycles. The number of esters is 1. The van der Waals surface area contributed by atoms with Gasteiger partial charge >= 0.3 is 5.97 Å². The minimum atomic E-state index is -0.919. The zero-order chi connectivity index (χ0) is 11.9. The van der Waals surface area contributed by atoms with Gasteiger partial charge in [0.05, 0.1) is 6.61 Å². The lowest BCUT2D eigenvalue weighted by Crippen LogP contribution is -2.42. The molecule has 0 aromatic heterocycles. The van der Waals surface area contributed by atoms with Crippen LogP contribution in [-0.2, 0) is 14.3 Å². The Bertz CT molecular complexity index is 347. The van der Waals surface area contributed by atoms with Gasteiger partial charge in [0.2, 0.25) is 0 Å². The normalized spacial score (nSPS) is 41.1. The van der Waals surface area contributed by atoms with E-state index in [4.69, 9.17) is 4.74 Å². The molecule has 0 radical (unpaired) electrons. The van der Waals surface area contributed by atoms with E-state index in [9.17, 15) is 9.59 Å². The number of Topliss-reactive ketones (excluding diaryl/α,β-unsaturated/α-hetero) is 1. The van der Waals surface area contributed by atoms with Crippen LogP contribution in [0.1, 0.15) is 26.7 Å². The fourth-order valence-electron chi connectivity index (χ4n) is 3.43. The van der Waals surface area contributed by atoms with E-state index in [2.05, 4.69) is 6.58 Å². The fraction of sp³-hybridized carbons (Fsp3) is 0.692. The maximum atomic E-state index is 12.2. The number of allylic oxidation sites excluding steroid dienone is 1. The van der Waals surface area contributed by atoms with Crippen LogP contribution in [-0.4, -0.2) is 18.4 Å². The molecule has 0 spiro atoms. The van der Waals surface area contributed by atoms with Gasteiger partial charge in [0, 0.05) is 5.92 Å². The predicted molar refractivity (Wildman–Crippen MR) is 59.6 cm³/mol. The van der Waals surface area contributed by atoms with Crippen LogP contribution >= 0.6 is 0 Å². The second kappa shape index (κ2) is 3.72. The molecular weight excluding hydrogens is 204 g/mol. The number of hydrogen-bond acceptors (Lipinski definition) is 3. The molecule has 0 unspecified atom stereocenters. The van der Waals surface area contributed by atoms with Gasteiger partial charge in [-0.15, -0.1) is 6.58 Å². The number of fused-ring (bicyclic) bond motifs is 2. The first-order valence-corrected chi connectivity index (χ1v) is 5.91. The van der Waals surface area contributed by atoms with E-state index in [0.29, 0.717) is 6.61 Å². The van der Waals surface area contributed by atoms with Crippen LogP contribution < -0.4 is 0 Å². The molecule has 0 amide bonds. The van der Waals surface area contributed by atoms with E-state index >= 15 is 0 Å².